The van der Waals surface area contributed by atoms with Crippen molar-refractivity contribution >= 4 is 16.9 Å². The molecule has 0 saturated carbocycles. The smallest absolute Gasteiger partial charge is 0.354 e. The van der Waals surface area contributed by atoms with Gasteiger partial charge in [-0.25, -0.2) is 9.78 Å². The standard InChI is InChI=1S/C13H13NO3/c1-17-8-7-10-4-2-3-9-5-6-11(13(15)16)14-12(9)10/h2-6H,7-8H2,1H3,(H,15,16). The second-order valence-electron chi connectivity index (χ2n) is 3.73. The highest BCUT2D eigenvalue weighted by Gasteiger charge is 2.08. The molecule has 0 aliphatic heterocycles. The largest absolute Gasteiger partial charge is 0.477 e. The van der Waals surface area contributed by atoms with E-state index < -0.39 is 5.97 Å². The second kappa shape index (κ2) is 4.93. The SMILES string of the molecule is COCCc1cccc2ccc(C(=O)O)nc12. The molecule has 4 heteroatoms. The first-order valence-electron chi connectivity index (χ1n) is 5.33. The minimum Gasteiger partial charge on any atom is -0.477 e. The molecule has 0 fully saturated rings. The Kier molecular flexibility index (Phi) is 3.35. The number of carboxylic acid groups (broad SMARTS) is 1. The lowest BCUT2D eigenvalue weighted by molar-refractivity contribution is 0.0691. The number of methoxy groups -OCH3 is 1. The van der Waals surface area contributed by atoms with E-state index in [0.29, 0.717) is 6.61 Å². The van der Waals surface area contributed by atoms with Crippen LogP contribution in [0.25, 0.3) is 10.9 Å². The van der Waals surface area contributed by atoms with Crippen molar-refractivity contribution in [3.05, 3.63) is 41.6 Å². The van der Waals surface area contributed by atoms with E-state index in [1.807, 2.05) is 18.2 Å². The molecule has 0 radical (unpaired) electrons. The van der Waals surface area contributed by atoms with E-state index in [-0.39, 0.29) is 5.69 Å². The molecule has 0 saturated heterocycles. The minimum absolute atomic E-state index is 0.0716. The quantitative estimate of drug-likeness (QED) is 0.875. The van der Waals surface area contributed by atoms with Gasteiger partial charge in [-0.3, -0.25) is 0 Å². The van der Waals surface area contributed by atoms with Gasteiger partial charge in [0.25, 0.3) is 0 Å². The van der Waals surface area contributed by atoms with Gasteiger partial charge in [-0.1, -0.05) is 24.3 Å². The molecular weight excluding hydrogens is 218 g/mol. The number of aromatic nitrogens is 1. The van der Waals surface area contributed by atoms with Crippen LogP contribution in [0.15, 0.2) is 30.3 Å². The number of pyridine rings is 1. The summed E-state index contributed by atoms with van der Waals surface area (Å²) in [7, 11) is 1.64. The Labute approximate surface area is 98.9 Å². The van der Waals surface area contributed by atoms with E-state index in [4.69, 9.17) is 9.84 Å². The van der Waals surface area contributed by atoms with Crippen molar-refractivity contribution in [2.24, 2.45) is 0 Å². The topological polar surface area (TPSA) is 59.4 Å². The first-order chi connectivity index (χ1) is 8.22. The zero-order valence-electron chi connectivity index (χ0n) is 9.51. The number of para-hydroxylation sites is 1. The zero-order chi connectivity index (χ0) is 12.3. The molecule has 0 atom stereocenters. The molecule has 2 rings (SSSR count). The zero-order valence-corrected chi connectivity index (χ0v) is 9.51. The molecule has 88 valence electrons. The summed E-state index contributed by atoms with van der Waals surface area (Å²) < 4.78 is 5.03. The average Bonchev–Trinajstić information content (AvgIpc) is 2.35. The summed E-state index contributed by atoms with van der Waals surface area (Å²) in [6.45, 7) is 0.595. The lowest BCUT2D eigenvalue weighted by Gasteiger charge is -2.06. The summed E-state index contributed by atoms with van der Waals surface area (Å²) in [4.78, 5) is 15.1. The maximum Gasteiger partial charge on any atom is 0.354 e. The number of aromatic carboxylic acids is 1. The molecule has 0 bridgehead atoms. The van der Waals surface area contributed by atoms with E-state index >= 15 is 0 Å². The van der Waals surface area contributed by atoms with Crippen molar-refractivity contribution in [3.8, 4) is 0 Å². The third kappa shape index (κ3) is 2.42. The number of fused-ring (bicyclic) bond motifs is 1. The van der Waals surface area contributed by atoms with Gasteiger partial charge in [-0.15, -0.1) is 0 Å². The maximum atomic E-state index is 10.9. The highest BCUT2D eigenvalue weighted by molar-refractivity contribution is 5.90. The van der Waals surface area contributed by atoms with Crippen molar-refractivity contribution < 1.29 is 14.6 Å². The first kappa shape index (κ1) is 11.5. The number of ether oxygens (including phenoxy) is 1. The summed E-state index contributed by atoms with van der Waals surface area (Å²) in [5, 5.41) is 9.87. The highest BCUT2D eigenvalue weighted by atomic mass is 16.5. The summed E-state index contributed by atoms with van der Waals surface area (Å²) in [6, 6.07) is 9.10. The molecule has 4 nitrogen and oxygen atoms in total. The fraction of sp³-hybridized carbons (Fsp3) is 0.231. The van der Waals surface area contributed by atoms with Gasteiger partial charge in [0, 0.05) is 12.5 Å². The van der Waals surface area contributed by atoms with Gasteiger partial charge in [0.05, 0.1) is 12.1 Å². The number of nitrogens with zero attached hydrogens (tertiary/aromatic N) is 1. The van der Waals surface area contributed by atoms with E-state index in [1.54, 1.807) is 13.2 Å². The van der Waals surface area contributed by atoms with Crippen LogP contribution >= 0.6 is 0 Å². The van der Waals surface area contributed by atoms with Crippen molar-refractivity contribution in [2.45, 2.75) is 6.42 Å². The molecule has 0 aliphatic rings. The minimum atomic E-state index is -1.01. The number of carboxylic acids is 1. The Morgan fingerprint density at radius 2 is 2.18 bits per heavy atom. The van der Waals surface area contributed by atoms with Crippen LogP contribution in [0.2, 0.25) is 0 Å². The fourth-order valence-corrected chi connectivity index (χ4v) is 1.74. The molecule has 1 aromatic heterocycles. The van der Waals surface area contributed by atoms with Crippen molar-refractivity contribution in [2.75, 3.05) is 13.7 Å². The average molecular weight is 231 g/mol. The molecule has 1 aromatic carbocycles. The van der Waals surface area contributed by atoms with Crippen LogP contribution in [-0.4, -0.2) is 29.8 Å². The summed E-state index contributed by atoms with van der Waals surface area (Å²) in [5.41, 5.74) is 1.82. The molecule has 1 N–H and O–H groups in total. The highest BCUT2D eigenvalue weighted by Crippen LogP contribution is 2.18. The Hall–Kier alpha value is -1.94. The van der Waals surface area contributed by atoms with Crippen LogP contribution in [0.5, 0.6) is 0 Å². The summed E-state index contributed by atoms with van der Waals surface area (Å²) in [5.74, 6) is -1.01. The Bertz CT molecular complexity index is 551. The molecule has 0 unspecified atom stereocenters. The summed E-state index contributed by atoms with van der Waals surface area (Å²) >= 11 is 0. The second-order valence-corrected chi connectivity index (χ2v) is 3.73. The monoisotopic (exact) mass is 231 g/mol. The van der Waals surface area contributed by atoms with Crippen LogP contribution in [0.4, 0.5) is 0 Å². The third-order valence-electron chi connectivity index (χ3n) is 2.60. The maximum absolute atomic E-state index is 10.9. The lowest BCUT2D eigenvalue weighted by Crippen LogP contribution is -2.02. The van der Waals surface area contributed by atoms with Crippen LogP contribution in [0.3, 0.4) is 0 Å². The Balaban J connectivity index is 2.51. The normalized spacial score (nSPS) is 10.6. The van der Waals surface area contributed by atoms with Crippen LogP contribution in [0.1, 0.15) is 16.1 Å². The molecule has 0 spiro atoms. The molecule has 1 heterocycles. The van der Waals surface area contributed by atoms with Crippen molar-refractivity contribution in [1.29, 1.82) is 0 Å². The van der Waals surface area contributed by atoms with Gasteiger partial charge in [-0.05, 0) is 18.1 Å². The number of hydrogen-bond acceptors (Lipinski definition) is 3. The van der Waals surface area contributed by atoms with Gasteiger partial charge in [0.1, 0.15) is 5.69 Å². The number of benzene rings is 1. The van der Waals surface area contributed by atoms with Crippen molar-refractivity contribution in [1.82, 2.24) is 4.98 Å². The Morgan fingerprint density at radius 3 is 2.88 bits per heavy atom. The van der Waals surface area contributed by atoms with Crippen LogP contribution < -0.4 is 0 Å². The number of rotatable bonds is 4. The molecule has 17 heavy (non-hydrogen) atoms. The van der Waals surface area contributed by atoms with Gasteiger partial charge >= 0.3 is 5.97 Å². The molecule has 2 aromatic rings. The van der Waals surface area contributed by atoms with E-state index in [2.05, 4.69) is 4.98 Å². The van der Waals surface area contributed by atoms with E-state index in [1.165, 1.54) is 6.07 Å². The van der Waals surface area contributed by atoms with Crippen LogP contribution in [-0.2, 0) is 11.2 Å². The predicted octanol–water partition coefficient (Wildman–Crippen LogP) is 2.12. The molecular formula is C13H13NO3. The first-order valence-corrected chi connectivity index (χ1v) is 5.33. The van der Waals surface area contributed by atoms with Gasteiger partial charge in [0.2, 0.25) is 0 Å². The van der Waals surface area contributed by atoms with Gasteiger partial charge < -0.3 is 9.84 Å². The summed E-state index contributed by atoms with van der Waals surface area (Å²) in [6.07, 6.45) is 0.726. The lowest BCUT2D eigenvalue weighted by atomic mass is 10.1. The Morgan fingerprint density at radius 1 is 1.35 bits per heavy atom. The number of hydrogen-bond donors (Lipinski definition) is 1. The van der Waals surface area contributed by atoms with Crippen LogP contribution in [0, 0.1) is 0 Å². The predicted molar refractivity (Wildman–Crippen MR) is 64.3 cm³/mol. The van der Waals surface area contributed by atoms with E-state index in [9.17, 15) is 4.79 Å². The fourth-order valence-electron chi connectivity index (χ4n) is 1.74. The van der Waals surface area contributed by atoms with Crippen molar-refractivity contribution in [3.63, 3.8) is 0 Å². The van der Waals surface area contributed by atoms with Gasteiger partial charge in [-0.2, -0.15) is 0 Å². The third-order valence-corrected chi connectivity index (χ3v) is 2.60. The number of carbonyl (C=O) groups is 1. The van der Waals surface area contributed by atoms with Gasteiger partial charge in [0.15, 0.2) is 0 Å². The molecule has 0 aliphatic carbocycles. The molecule has 0 amide bonds. The van der Waals surface area contributed by atoms with E-state index in [0.717, 1.165) is 22.9 Å².